The van der Waals surface area contributed by atoms with Gasteiger partial charge in [0.15, 0.2) is 5.82 Å². The lowest BCUT2D eigenvalue weighted by Crippen LogP contribution is -2.31. The summed E-state index contributed by atoms with van der Waals surface area (Å²) in [5.74, 6) is 0.451. The highest BCUT2D eigenvalue weighted by molar-refractivity contribution is 6.30. The Morgan fingerprint density at radius 2 is 1.96 bits per heavy atom. The lowest BCUT2D eigenvalue weighted by atomic mass is 10.1. The van der Waals surface area contributed by atoms with E-state index >= 15 is 0 Å². The van der Waals surface area contributed by atoms with Crippen molar-refractivity contribution in [1.82, 2.24) is 19.9 Å². The van der Waals surface area contributed by atoms with E-state index < -0.39 is 0 Å². The first-order chi connectivity index (χ1) is 12.2. The number of rotatable bonds is 3. The number of hydrogen-bond donors (Lipinski definition) is 0. The first-order valence-electron chi connectivity index (χ1n) is 8.10. The van der Waals surface area contributed by atoms with Crippen molar-refractivity contribution in [3.63, 3.8) is 0 Å². The van der Waals surface area contributed by atoms with Gasteiger partial charge in [0.1, 0.15) is 5.82 Å². The second-order valence-electron chi connectivity index (χ2n) is 6.10. The smallest absolute Gasteiger partial charge is 0.159 e. The molecule has 6 heteroatoms. The van der Waals surface area contributed by atoms with Gasteiger partial charge in [-0.15, -0.1) is 0 Å². The fraction of sp³-hybridized carbons (Fsp3) is 0.211. The molecule has 0 amide bonds. The van der Waals surface area contributed by atoms with Crippen molar-refractivity contribution in [3.05, 3.63) is 76.6 Å². The highest BCUT2D eigenvalue weighted by Crippen LogP contribution is 2.23. The molecule has 1 aromatic carbocycles. The molecule has 4 nitrogen and oxygen atoms in total. The van der Waals surface area contributed by atoms with Gasteiger partial charge in [0.2, 0.25) is 0 Å². The third-order valence-electron chi connectivity index (χ3n) is 4.37. The predicted molar refractivity (Wildman–Crippen MR) is 94.5 cm³/mol. The summed E-state index contributed by atoms with van der Waals surface area (Å²) < 4.78 is 13.8. The molecule has 0 spiro atoms. The molecule has 0 atom stereocenters. The zero-order chi connectivity index (χ0) is 17.2. The van der Waals surface area contributed by atoms with Gasteiger partial charge in [-0.05, 0) is 30.3 Å². The Hall–Kier alpha value is -2.37. The van der Waals surface area contributed by atoms with Gasteiger partial charge in [0.05, 0.1) is 11.9 Å². The molecular weight excluding hydrogens is 339 g/mol. The maximum absolute atomic E-state index is 13.8. The summed E-state index contributed by atoms with van der Waals surface area (Å²) in [4.78, 5) is 15.2. The Kier molecular flexibility index (Phi) is 4.42. The van der Waals surface area contributed by atoms with Crippen molar-refractivity contribution in [2.45, 2.75) is 19.5 Å². The Balaban J connectivity index is 1.52. The van der Waals surface area contributed by atoms with Crippen LogP contribution in [0.1, 0.15) is 16.8 Å². The van der Waals surface area contributed by atoms with Gasteiger partial charge in [0.25, 0.3) is 0 Å². The largest absolute Gasteiger partial charge is 0.294 e. The standard InChI is InChI=1S/C19H16ClFN4/c20-16-3-1-13(2-4-16)19-23-9-15-12-25(8-6-18(15)24-19)11-14-5-7-22-10-17(14)21/h1-5,7,9-10H,6,8,11-12H2. The van der Waals surface area contributed by atoms with E-state index in [1.54, 1.807) is 12.3 Å². The third-order valence-corrected chi connectivity index (χ3v) is 4.62. The van der Waals surface area contributed by atoms with Crippen molar-refractivity contribution in [2.24, 2.45) is 0 Å². The number of pyridine rings is 1. The van der Waals surface area contributed by atoms with Crippen molar-refractivity contribution in [3.8, 4) is 11.4 Å². The van der Waals surface area contributed by atoms with Crippen molar-refractivity contribution < 1.29 is 4.39 Å². The SMILES string of the molecule is Fc1cnccc1CN1CCc2nc(-c3ccc(Cl)cc3)ncc2C1. The van der Waals surface area contributed by atoms with E-state index in [-0.39, 0.29) is 5.82 Å². The van der Waals surface area contributed by atoms with Crippen LogP contribution in [-0.2, 0) is 19.5 Å². The summed E-state index contributed by atoms with van der Waals surface area (Å²) >= 11 is 5.93. The maximum Gasteiger partial charge on any atom is 0.159 e. The van der Waals surface area contributed by atoms with Crippen LogP contribution in [0.5, 0.6) is 0 Å². The molecule has 0 bridgehead atoms. The fourth-order valence-electron chi connectivity index (χ4n) is 3.02. The van der Waals surface area contributed by atoms with Crippen LogP contribution < -0.4 is 0 Å². The molecule has 4 rings (SSSR count). The lowest BCUT2D eigenvalue weighted by molar-refractivity contribution is 0.239. The minimum Gasteiger partial charge on any atom is -0.294 e. The Bertz CT molecular complexity index is 898. The van der Waals surface area contributed by atoms with Crippen LogP contribution >= 0.6 is 11.6 Å². The summed E-state index contributed by atoms with van der Waals surface area (Å²) in [5, 5.41) is 0.695. The van der Waals surface area contributed by atoms with Crippen molar-refractivity contribution >= 4 is 11.6 Å². The van der Waals surface area contributed by atoms with Gasteiger partial charge >= 0.3 is 0 Å². The van der Waals surface area contributed by atoms with E-state index in [0.29, 0.717) is 23.0 Å². The van der Waals surface area contributed by atoms with E-state index in [2.05, 4.69) is 14.9 Å². The summed E-state index contributed by atoms with van der Waals surface area (Å²) in [6.07, 6.45) is 5.58. The lowest BCUT2D eigenvalue weighted by Gasteiger charge is -2.28. The predicted octanol–water partition coefficient (Wildman–Crippen LogP) is 3.89. The zero-order valence-corrected chi connectivity index (χ0v) is 14.2. The Morgan fingerprint density at radius 3 is 2.76 bits per heavy atom. The Morgan fingerprint density at radius 1 is 1.12 bits per heavy atom. The summed E-state index contributed by atoms with van der Waals surface area (Å²) in [5.41, 5.74) is 3.77. The molecule has 0 saturated carbocycles. The minimum absolute atomic E-state index is 0.261. The van der Waals surface area contributed by atoms with Crippen molar-refractivity contribution in [2.75, 3.05) is 6.54 Å². The van der Waals surface area contributed by atoms with E-state index in [1.165, 1.54) is 6.20 Å². The second-order valence-corrected chi connectivity index (χ2v) is 6.54. The van der Waals surface area contributed by atoms with Gasteiger partial charge in [0, 0.05) is 60.2 Å². The second kappa shape index (κ2) is 6.86. The molecule has 2 aromatic heterocycles. The molecule has 1 aliphatic rings. The molecule has 0 radical (unpaired) electrons. The molecule has 0 N–H and O–H groups in total. The average Bonchev–Trinajstić information content (AvgIpc) is 2.64. The van der Waals surface area contributed by atoms with Crippen molar-refractivity contribution in [1.29, 1.82) is 0 Å². The first kappa shape index (κ1) is 16.1. The van der Waals surface area contributed by atoms with Gasteiger partial charge in [-0.25, -0.2) is 14.4 Å². The average molecular weight is 355 g/mol. The van der Waals surface area contributed by atoms with Gasteiger partial charge < -0.3 is 0 Å². The molecule has 126 valence electrons. The molecule has 3 aromatic rings. The van der Waals surface area contributed by atoms with Crippen LogP contribution in [0.4, 0.5) is 4.39 Å². The molecule has 3 heterocycles. The fourth-order valence-corrected chi connectivity index (χ4v) is 3.15. The summed E-state index contributed by atoms with van der Waals surface area (Å²) in [6, 6.07) is 9.25. The normalized spacial score (nSPS) is 14.3. The maximum atomic E-state index is 13.8. The monoisotopic (exact) mass is 354 g/mol. The quantitative estimate of drug-likeness (QED) is 0.715. The zero-order valence-electron chi connectivity index (χ0n) is 13.5. The molecule has 0 unspecified atom stereocenters. The topological polar surface area (TPSA) is 41.9 Å². The molecule has 0 fully saturated rings. The number of benzene rings is 1. The highest BCUT2D eigenvalue weighted by Gasteiger charge is 2.19. The van der Waals surface area contributed by atoms with Crippen LogP contribution in [-0.4, -0.2) is 26.4 Å². The Labute approximate surface area is 150 Å². The van der Waals surface area contributed by atoms with Crippen LogP contribution in [0.15, 0.2) is 48.9 Å². The third kappa shape index (κ3) is 3.52. The number of halogens is 2. The molecule has 0 saturated heterocycles. The molecule has 1 aliphatic heterocycles. The first-order valence-corrected chi connectivity index (χ1v) is 8.48. The van der Waals surface area contributed by atoms with Crippen LogP contribution in [0.25, 0.3) is 11.4 Å². The molecular formula is C19H16ClFN4. The van der Waals surface area contributed by atoms with E-state index in [1.807, 2.05) is 30.5 Å². The number of nitrogens with zero attached hydrogens (tertiary/aromatic N) is 4. The van der Waals surface area contributed by atoms with Gasteiger partial charge in [-0.2, -0.15) is 0 Å². The van der Waals surface area contributed by atoms with E-state index in [4.69, 9.17) is 16.6 Å². The summed E-state index contributed by atoms with van der Waals surface area (Å²) in [7, 11) is 0. The van der Waals surface area contributed by atoms with Gasteiger partial charge in [-0.1, -0.05) is 11.6 Å². The highest BCUT2D eigenvalue weighted by atomic mass is 35.5. The summed E-state index contributed by atoms with van der Waals surface area (Å²) in [6.45, 7) is 2.12. The minimum atomic E-state index is -0.261. The van der Waals surface area contributed by atoms with Gasteiger partial charge in [-0.3, -0.25) is 9.88 Å². The number of hydrogen-bond acceptors (Lipinski definition) is 4. The number of fused-ring (bicyclic) bond motifs is 1. The van der Waals surface area contributed by atoms with Crippen LogP contribution in [0, 0.1) is 5.82 Å². The molecule has 0 aliphatic carbocycles. The van der Waals surface area contributed by atoms with E-state index in [9.17, 15) is 4.39 Å². The molecule has 25 heavy (non-hydrogen) atoms. The van der Waals surface area contributed by atoms with Crippen LogP contribution in [0.2, 0.25) is 5.02 Å². The van der Waals surface area contributed by atoms with E-state index in [0.717, 1.165) is 36.3 Å². The van der Waals surface area contributed by atoms with Crippen LogP contribution in [0.3, 0.4) is 0 Å². The number of aromatic nitrogens is 3.